The number of carbonyl (C=O) groups excluding carboxylic acids is 2. The van der Waals surface area contributed by atoms with Gasteiger partial charge in [0, 0.05) is 30.1 Å². The number of ether oxygens (including phenoxy) is 1. The van der Waals surface area contributed by atoms with Crippen molar-refractivity contribution in [3.63, 3.8) is 0 Å². The predicted molar refractivity (Wildman–Crippen MR) is 135 cm³/mol. The summed E-state index contributed by atoms with van der Waals surface area (Å²) in [5.74, 6) is 5.40. The second-order valence-corrected chi connectivity index (χ2v) is 9.65. The molecule has 0 saturated carbocycles. The van der Waals surface area contributed by atoms with Crippen LogP contribution in [0.1, 0.15) is 45.0 Å². The molecule has 2 amide bonds. The Hall–Kier alpha value is -3.65. The van der Waals surface area contributed by atoms with Crippen molar-refractivity contribution in [1.29, 1.82) is 0 Å². The van der Waals surface area contributed by atoms with E-state index in [1.807, 2.05) is 44.2 Å². The smallest absolute Gasteiger partial charge is 0.415 e. The molecule has 0 bridgehead atoms. The zero-order valence-electron chi connectivity index (χ0n) is 20.5. The summed E-state index contributed by atoms with van der Waals surface area (Å²) in [5.41, 5.74) is 2.90. The van der Waals surface area contributed by atoms with Gasteiger partial charge in [-0.2, -0.15) is 0 Å². The summed E-state index contributed by atoms with van der Waals surface area (Å²) in [4.78, 5) is 40.5. The fourth-order valence-corrected chi connectivity index (χ4v) is 3.85. The Morgan fingerprint density at radius 3 is 2.29 bits per heavy atom. The van der Waals surface area contributed by atoms with Crippen molar-refractivity contribution in [1.82, 2.24) is 9.99 Å². The van der Waals surface area contributed by atoms with E-state index >= 15 is 0 Å². The molecule has 3 aromatic rings. The molecule has 8 heteroatoms. The quantitative estimate of drug-likeness (QED) is 0.333. The Bertz CT molecular complexity index is 1270. The third kappa shape index (κ3) is 5.12. The van der Waals surface area contributed by atoms with Gasteiger partial charge in [-0.15, -0.1) is 0 Å². The van der Waals surface area contributed by atoms with E-state index in [1.165, 1.54) is 4.90 Å². The summed E-state index contributed by atoms with van der Waals surface area (Å²) in [5, 5.41) is 0.983. The first-order valence-electron chi connectivity index (χ1n) is 11.2. The van der Waals surface area contributed by atoms with Gasteiger partial charge in [0.2, 0.25) is 0 Å². The second kappa shape index (κ2) is 9.69. The summed E-state index contributed by atoms with van der Waals surface area (Å²) in [7, 11) is 1.59. The van der Waals surface area contributed by atoms with Gasteiger partial charge in [-0.1, -0.05) is 44.2 Å². The van der Waals surface area contributed by atoms with E-state index < -0.39 is 17.6 Å². The van der Waals surface area contributed by atoms with Crippen LogP contribution in [-0.2, 0) is 11.3 Å². The lowest BCUT2D eigenvalue weighted by Gasteiger charge is -2.29. The van der Waals surface area contributed by atoms with Gasteiger partial charge in [0.15, 0.2) is 0 Å². The molecule has 3 rings (SSSR count). The molecule has 1 aromatic heterocycles. The fourth-order valence-electron chi connectivity index (χ4n) is 3.85. The molecule has 0 aliphatic carbocycles. The van der Waals surface area contributed by atoms with E-state index in [1.54, 1.807) is 50.6 Å². The van der Waals surface area contributed by atoms with Gasteiger partial charge >= 0.3 is 6.09 Å². The molecule has 2 aromatic carbocycles. The molecular formula is C26H32N4O4. The van der Waals surface area contributed by atoms with Crippen molar-refractivity contribution < 1.29 is 14.3 Å². The van der Waals surface area contributed by atoms with Gasteiger partial charge < -0.3 is 4.74 Å². The monoisotopic (exact) mass is 464 g/mol. The molecule has 0 aliphatic rings. The lowest BCUT2D eigenvalue weighted by Crippen LogP contribution is -2.38. The first-order chi connectivity index (χ1) is 15.9. The summed E-state index contributed by atoms with van der Waals surface area (Å²) >= 11 is 0. The van der Waals surface area contributed by atoms with Crippen LogP contribution in [0.4, 0.5) is 10.6 Å². The van der Waals surface area contributed by atoms with Gasteiger partial charge in [-0.25, -0.2) is 10.6 Å². The number of amides is 2. The van der Waals surface area contributed by atoms with Gasteiger partial charge in [-0.05, 0) is 55.8 Å². The predicted octanol–water partition coefficient (Wildman–Crippen LogP) is 4.30. The number of rotatable bonds is 5. The standard InChI is InChI=1S/C26H32N4O4/c1-16(2)15-30-23(29(6)25(33)34-26(3,4)5)21(17-10-8-7-9-11-17)20-14-18(22(31)28-27)12-13-19(20)24(30)32/h7-14,16H,15,27H2,1-6H3,(H,28,31). The molecule has 0 aliphatic heterocycles. The number of anilines is 1. The van der Waals surface area contributed by atoms with E-state index in [4.69, 9.17) is 10.6 Å². The number of nitrogens with one attached hydrogen (secondary N) is 1. The third-order valence-electron chi connectivity index (χ3n) is 5.23. The maximum atomic E-state index is 13.7. The molecule has 1 heterocycles. The normalized spacial score (nSPS) is 11.5. The first kappa shape index (κ1) is 25.0. The number of nitrogen functional groups attached to an aromatic ring is 1. The topological polar surface area (TPSA) is 107 Å². The van der Waals surface area contributed by atoms with Crippen LogP contribution in [0.3, 0.4) is 0 Å². The Labute approximate surface area is 199 Å². The van der Waals surface area contributed by atoms with E-state index in [9.17, 15) is 14.4 Å². The van der Waals surface area contributed by atoms with Crippen LogP contribution in [0.15, 0.2) is 53.3 Å². The molecule has 180 valence electrons. The molecule has 0 unspecified atom stereocenters. The van der Waals surface area contributed by atoms with Gasteiger partial charge in [0.25, 0.3) is 11.5 Å². The van der Waals surface area contributed by atoms with Crippen LogP contribution < -0.4 is 21.7 Å². The number of benzene rings is 2. The van der Waals surface area contributed by atoms with Crippen molar-refractivity contribution in [3.05, 3.63) is 64.4 Å². The van der Waals surface area contributed by atoms with E-state index in [0.717, 1.165) is 5.56 Å². The van der Waals surface area contributed by atoms with Crippen LogP contribution in [0.2, 0.25) is 0 Å². The molecule has 0 spiro atoms. The van der Waals surface area contributed by atoms with Gasteiger partial charge in [-0.3, -0.25) is 24.5 Å². The molecule has 0 saturated heterocycles. The number of fused-ring (bicyclic) bond motifs is 1. The van der Waals surface area contributed by atoms with Crippen molar-refractivity contribution >= 4 is 28.6 Å². The number of nitrogens with two attached hydrogens (primary N) is 1. The zero-order valence-corrected chi connectivity index (χ0v) is 20.5. The summed E-state index contributed by atoms with van der Waals surface area (Å²) in [6.07, 6.45) is -0.586. The van der Waals surface area contributed by atoms with Crippen molar-refractivity contribution in [2.45, 2.75) is 46.8 Å². The number of hydrazine groups is 1. The number of carbonyl (C=O) groups is 2. The Morgan fingerprint density at radius 1 is 1.09 bits per heavy atom. The van der Waals surface area contributed by atoms with E-state index in [-0.39, 0.29) is 11.5 Å². The minimum atomic E-state index is -0.718. The van der Waals surface area contributed by atoms with Crippen LogP contribution in [-0.4, -0.2) is 29.2 Å². The number of aromatic nitrogens is 1. The lowest BCUT2D eigenvalue weighted by atomic mass is 9.96. The van der Waals surface area contributed by atoms with E-state index in [2.05, 4.69) is 5.43 Å². The average Bonchev–Trinajstić information content (AvgIpc) is 2.78. The van der Waals surface area contributed by atoms with Crippen LogP contribution in [0.5, 0.6) is 0 Å². The largest absolute Gasteiger partial charge is 0.443 e. The Balaban J connectivity index is 2.47. The highest BCUT2D eigenvalue weighted by Gasteiger charge is 2.28. The second-order valence-electron chi connectivity index (χ2n) is 9.65. The van der Waals surface area contributed by atoms with E-state index in [0.29, 0.717) is 34.3 Å². The third-order valence-corrected chi connectivity index (χ3v) is 5.23. The first-order valence-corrected chi connectivity index (χ1v) is 11.2. The van der Waals surface area contributed by atoms with Gasteiger partial charge in [0.1, 0.15) is 11.4 Å². The molecule has 34 heavy (non-hydrogen) atoms. The average molecular weight is 465 g/mol. The fraction of sp³-hybridized carbons (Fsp3) is 0.346. The van der Waals surface area contributed by atoms with Crippen molar-refractivity contribution in [3.8, 4) is 11.1 Å². The highest BCUT2D eigenvalue weighted by molar-refractivity contribution is 6.07. The summed E-state index contributed by atoms with van der Waals surface area (Å²) < 4.78 is 7.24. The molecule has 0 radical (unpaired) electrons. The molecular weight excluding hydrogens is 432 g/mol. The van der Waals surface area contributed by atoms with Crippen LogP contribution in [0.25, 0.3) is 21.9 Å². The maximum Gasteiger partial charge on any atom is 0.415 e. The lowest BCUT2D eigenvalue weighted by molar-refractivity contribution is 0.0586. The molecule has 3 N–H and O–H groups in total. The Kier molecular flexibility index (Phi) is 7.12. The number of hydrogen-bond donors (Lipinski definition) is 2. The minimum Gasteiger partial charge on any atom is -0.443 e. The SMILES string of the molecule is CC(C)Cn1c(N(C)C(=O)OC(C)(C)C)c(-c2ccccc2)c2cc(C(=O)NN)ccc2c1=O. The van der Waals surface area contributed by atoms with Gasteiger partial charge in [0.05, 0.1) is 0 Å². The summed E-state index contributed by atoms with van der Waals surface area (Å²) in [6.45, 7) is 9.76. The van der Waals surface area contributed by atoms with Crippen LogP contribution >= 0.6 is 0 Å². The van der Waals surface area contributed by atoms with Crippen molar-refractivity contribution in [2.24, 2.45) is 11.8 Å². The molecule has 0 atom stereocenters. The van der Waals surface area contributed by atoms with Crippen LogP contribution in [0, 0.1) is 5.92 Å². The zero-order chi connectivity index (χ0) is 25.2. The number of nitrogens with zero attached hydrogens (tertiary/aromatic N) is 2. The highest BCUT2D eigenvalue weighted by atomic mass is 16.6. The Morgan fingerprint density at radius 2 is 1.74 bits per heavy atom. The molecule has 0 fully saturated rings. The minimum absolute atomic E-state index is 0.131. The maximum absolute atomic E-state index is 13.7. The summed E-state index contributed by atoms with van der Waals surface area (Å²) in [6, 6.07) is 14.3. The number of pyridine rings is 1. The molecule has 8 nitrogen and oxygen atoms in total. The van der Waals surface area contributed by atoms with Crippen molar-refractivity contribution in [2.75, 3.05) is 11.9 Å². The highest BCUT2D eigenvalue weighted by Crippen LogP contribution is 2.37. The number of hydrogen-bond acceptors (Lipinski definition) is 5.